The van der Waals surface area contributed by atoms with Crippen molar-refractivity contribution in [1.29, 1.82) is 0 Å². The summed E-state index contributed by atoms with van der Waals surface area (Å²) in [6, 6.07) is 0. The van der Waals surface area contributed by atoms with Crippen molar-refractivity contribution >= 4 is 5.97 Å². The van der Waals surface area contributed by atoms with Gasteiger partial charge in [0.25, 0.3) is 0 Å². The molecule has 5 atom stereocenters. The van der Waals surface area contributed by atoms with E-state index in [-0.39, 0.29) is 17.8 Å². The molecule has 0 radical (unpaired) electrons. The molecule has 0 spiro atoms. The highest BCUT2D eigenvalue weighted by Crippen LogP contribution is 2.37. The number of carbonyl (C=O) groups is 1. The first-order valence-corrected chi connectivity index (χ1v) is 10.3. The molecule has 152 valence electrons. The topological polar surface area (TPSA) is 87.0 Å². The summed E-state index contributed by atoms with van der Waals surface area (Å²) in [7, 11) is 1.39. The summed E-state index contributed by atoms with van der Waals surface area (Å²) in [5.74, 6) is -0.224. The molecule has 3 N–H and O–H groups in total. The van der Waals surface area contributed by atoms with Gasteiger partial charge in [0.15, 0.2) is 0 Å². The van der Waals surface area contributed by atoms with E-state index < -0.39 is 18.3 Å². The lowest BCUT2D eigenvalue weighted by atomic mass is 9.86. The van der Waals surface area contributed by atoms with E-state index in [0.29, 0.717) is 19.3 Å². The first-order chi connectivity index (χ1) is 12.5. The number of hydrogen-bond acceptors (Lipinski definition) is 5. The van der Waals surface area contributed by atoms with Crippen molar-refractivity contribution in [2.24, 2.45) is 11.8 Å². The van der Waals surface area contributed by atoms with Crippen LogP contribution in [0, 0.1) is 11.8 Å². The van der Waals surface area contributed by atoms with Crippen LogP contribution in [-0.4, -0.2) is 46.7 Å². The Hall–Kier alpha value is -0.910. The summed E-state index contributed by atoms with van der Waals surface area (Å²) in [6.07, 6.45) is 11.5. The average Bonchev–Trinajstić information content (AvgIpc) is 3.00. The van der Waals surface area contributed by atoms with Gasteiger partial charge in [-0.05, 0) is 38.0 Å². The number of carbonyl (C=O) groups excluding carboxylic acids is 1. The zero-order valence-corrected chi connectivity index (χ0v) is 16.5. The number of ether oxygens (including phenoxy) is 1. The second-order valence-electron chi connectivity index (χ2n) is 7.58. The summed E-state index contributed by atoms with van der Waals surface area (Å²) in [4.78, 5) is 11.1. The fraction of sp³-hybridized carbons (Fsp3) is 0.857. The van der Waals surface area contributed by atoms with Gasteiger partial charge < -0.3 is 20.1 Å². The highest BCUT2D eigenvalue weighted by atomic mass is 16.5. The summed E-state index contributed by atoms with van der Waals surface area (Å²) in [5, 5.41) is 30.8. The van der Waals surface area contributed by atoms with Gasteiger partial charge in [0, 0.05) is 12.3 Å². The van der Waals surface area contributed by atoms with Crippen LogP contribution >= 0.6 is 0 Å². The lowest BCUT2D eigenvalue weighted by Crippen LogP contribution is -2.27. The number of aliphatic hydroxyl groups excluding tert-OH is 3. The molecule has 1 aliphatic rings. The number of methoxy groups -OCH3 is 1. The Morgan fingerprint density at radius 3 is 2.54 bits per heavy atom. The van der Waals surface area contributed by atoms with Gasteiger partial charge in [-0.2, -0.15) is 0 Å². The normalized spacial score (nSPS) is 25.5. The molecule has 1 saturated carbocycles. The zero-order valence-electron chi connectivity index (χ0n) is 16.5. The summed E-state index contributed by atoms with van der Waals surface area (Å²) in [6.45, 7) is 2.14. The van der Waals surface area contributed by atoms with Crippen molar-refractivity contribution in [3.63, 3.8) is 0 Å². The zero-order chi connectivity index (χ0) is 19.4. The molecule has 2 unspecified atom stereocenters. The number of hydrogen-bond donors (Lipinski definition) is 3. The summed E-state index contributed by atoms with van der Waals surface area (Å²) in [5.41, 5.74) is 0. The molecule has 1 rings (SSSR count). The minimum absolute atomic E-state index is 0.0460. The molecule has 0 aromatic rings. The number of aliphatic hydroxyl groups is 3. The summed E-state index contributed by atoms with van der Waals surface area (Å²) < 4.78 is 4.62. The maximum atomic E-state index is 11.1. The quantitative estimate of drug-likeness (QED) is 0.263. The molecule has 0 aliphatic heterocycles. The Morgan fingerprint density at radius 2 is 1.85 bits per heavy atom. The van der Waals surface area contributed by atoms with E-state index in [1.165, 1.54) is 7.11 Å². The van der Waals surface area contributed by atoms with Crippen LogP contribution in [0.15, 0.2) is 12.2 Å². The van der Waals surface area contributed by atoms with Gasteiger partial charge in [-0.3, -0.25) is 4.79 Å². The molecule has 1 aliphatic carbocycles. The van der Waals surface area contributed by atoms with Gasteiger partial charge in [-0.25, -0.2) is 0 Å². The minimum atomic E-state index is -0.467. The molecule has 1 fully saturated rings. The van der Waals surface area contributed by atoms with E-state index in [2.05, 4.69) is 11.7 Å². The van der Waals surface area contributed by atoms with Gasteiger partial charge in [-0.1, -0.05) is 51.2 Å². The van der Waals surface area contributed by atoms with E-state index >= 15 is 0 Å². The first-order valence-electron chi connectivity index (χ1n) is 10.3. The van der Waals surface area contributed by atoms with Crippen LogP contribution in [0.2, 0.25) is 0 Å². The number of unbranched alkanes of at least 4 members (excludes halogenated alkanes) is 4. The molecule has 0 aromatic heterocycles. The van der Waals surface area contributed by atoms with Crippen molar-refractivity contribution in [1.82, 2.24) is 0 Å². The minimum Gasteiger partial charge on any atom is -0.469 e. The van der Waals surface area contributed by atoms with Crippen LogP contribution in [0.5, 0.6) is 0 Å². The largest absolute Gasteiger partial charge is 0.469 e. The molecule has 26 heavy (non-hydrogen) atoms. The van der Waals surface area contributed by atoms with Gasteiger partial charge >= 0.3 is 5.97 Å². The third kappa shape index (κ3) is 8.65. The van der Waals surface area contributed by atoms with Gasteiger partial charge in [0.05, 0.1) is 25.4 Å². The predicted molar refractivity (Wildman–Crippen MR) is 103 cm³/mol. The van der Waals surface area contributed by atoms with Crippen LogP contribution in [0.4, 0.5) is 0 Å². The van der Waals surface area contributed by atoms with E-state index in [4.69, 9.17) is 0 Å². The predicted octanol–water partition coefficient (Wildman–Crippen LogP) is 3.36. The van der Waals surface area contributed by atoms with Crippen molar-refractivity contribution in [3.8, 4) is 0 Å². The third-order valence-electron chi connectivity index (χ3n) is 5.50. The Labute approximate surface area is 158 Å². The van der Waals surface area contributed by atoms with Gasteiger partial charge in [0.2, 0.25) is 0 Å². The maximum absolute atomic E-state index is 11.1. The van der Waals surface area contributed by atoms with Crippen molar-refractivity contribution in [3.05, 3.63) is 12.2 Å². The Bertz CT molecular complexity index is 409. The van der Waals surface area contributed by atoms with Crippen LogP contribution in [0.3, 0.4) is 0 Å². The van der Waals surface area contributed by atoms with Gasteiger partial charge in [-0.15, -0.1) is 0 Å². The second-order valence-corrected chi connectivity index (χ2v) is 7.58. The van der Waals surface area contributed by atoms with Crippen LogP contribution in [0.1, 0.15) is 77.6 Å². The van der Waals surface area contributed by atoms with Crippen molar-refractivity contribution in [2.45, 2.75) is 95.9 Å². The number of esters is 1. The molecule has 0 bridgehead atoms. The number of rotatable bonds is 13. The van der Waals surface area contributed by atoms with E-state index in [1.807, 2.05) is 6.08 Å². The lowest BCUT2D eigenvalue weighted by molar-refractivity contribution is -0.140. The lowest BCUT2D eigenvalue weighted by Gasteiger charge is -2.24. The average molecular weight is 371 g/mol. The fourth-order valence-electron chi connectivity index (χ4n) is 3.83. The Morgan fingerprint density at radius 1 is 1.12 bits per heavy atom. The van der Waals surface area contributed by atoms with Crippen molar-refractivity contribution in [2.75, 3.05) is 7.11 Å². The van der Waals surface area contributed by atoms with E-state index in [1.54, 1.807) is 6.08 Å². The first kappa shape index (κ1) is 23.1. The molecular weight excluding hydrogens is 332 g/mol. The standard InChI is InChI=1S/C21H38O5/c1-3-4-6-9-16(22)12-13-17-18(14-15-20(17)24)19(23)10-7-5-8-11-21(25)26-2/h12-13,16-20,22-24H,3-11,14-15H2,1-2H3/t16?,17-,18+,19?,20+/m1/s1. The van der Waals surface area contributed by atoms with Crippen molar-refractivity contribution < 1.29 is 24.9 Å². The van der Waals surface area contributed by atoms with Crippen LogP contribution in [0.25, 0.3) is 0 Å². The monoisotopic (exact) mass is 370 g/mol. The second kappa shape index (κ2) is 13.3. The highest BCUT2D eigenvalue weighted by Gasteiger charge is 2.37. The van der Waals surface area contributed by atoms with E-state index in [0.717, 1.165) is 51.4 Å². The molecule has 0 aromatic carbocycles. The Kier molecular flexibility index (Phi) is 11.8. The molecule has 0 saturated heterocycles. The van der Waals surface area contributed by atoms with Crippen LogP contribution in [-0.2, 0) is 9.53 Å². The molecule has 5 heteroatoms. The SMILES string of the molecule is CCCCCC(O)C=C[C@@H]1[C@@H](C(O)CCCCCC(=O)OC)CC[C@@H]1O. The van der Waals surface area contributed by atoms with Gasteiger partial charge in [0.1, 0.15) is 0 Å². The summed E-state index contributed by atoms with van der Waals surface area (Å²) >= 11 is 0. The molecule has 0 heterocycles. The smallest absolute Gasteiger partial charge is 0.305 e. The molecule has 0 amide bonds. The maximum Gasteiger partial charge on any atom is 0.305 e. The highest BCUT2D eigenvalue weighted by molar-refractivity contribution is 5.68. The van der Waals surface area contributed by atoms with Crippen LogP contribution < -0.4 is 0 Å². The molecular formula is C21H38O5. The fourth-order valence-corrected chi connectivity index (χ4v) is 3.83. The van der Waals surface area contributed by atoms with E-state index in [9.17, 15) is 20.1 Å². The molecule has 5 nitrogen and oxygen atoms in total. The third-order valence-corrected chi connectivity index (χ3v) is 5.50. The Balaban J connectivity index is 2.37.